The summed E-state index contributed by atoms with van der Waals surface area (Å²) in [6.45, 7) is 2.70. The summed E-state index contributed by atoms with van der Waals surface area (Å²) in [7, 11) is 1.41. The molecule has 4 heterocycles. The van der Waals surface area contributed by atoms with Crippen molar-refractivity contribution in [2.24, 2.45) is 0 Å². The number of hydrogen-bond donors (Lipinski definition) is 4. The van der Waals surface area contributed by atoms with Gasteiger partial charge in [0.05, 0.1) is 41.3 Å². The standard InChI is InChI=1S/C26H26FN5O2/c1-15-6-8-17(30-15)9-7-16-14-28-12-10-18(16)23-24(22-20(31-23)11-13-29-26(22)33)32-21-5-3-4-19(27)25(21)34-2/h3-5,10,12,14-15,17,30-32H,6,8,11,13H2,1-2H3,(H,29,33)/t15-,17-/m1/s1. The molecule has 0 aliphatic carbocycles. The van der Waals surface area contributed by atoms with Crippen molar-refractivity contribution in [3.63, 3.8) is 0 Å². The van der Waals surface area contributed by atoms with E-state index >= 15 is 0 Å². The average Bonchev–Trinajstić information content (AvgIpc) is 3.42. The van der Waals surface area contributed by atoms with Gasteiger partial charge in [0.1, 0.15) is 0 Å². The maximum Gasteiger partial charge on any atom is 0.255 e. The molecule has 0 saturated carbocycles. The number of nitrogens with zero attached hydrogens (tertiary/aromatic N) is 1. The van der Waals surface area contributed by atoms with E-state index in [0.29, 0.717) is 41.6 Å². The quantitative estimate of drug-likeness (QED) is 0.446. The summed E-state index contributed by atoms with van der Waals surface area (Å²) >= 11 is 0. The molecule has 3 aromatic rings. The second kappa shape index (κ2) is 9.20. The van der Waals surface area contributed by atoms with Crippen LogP contribution in [0.2, 0.25) is 0 Å². The van der Waals surface area contributed by atoms with Crippen LogP contribution in [0.3, 0.4) is 0 Å². The zero-order chi connectivity index (χ0) is 23.7. The number of aromatic amines is 1. The Balaban J connectivity index is 1.62. The number of H-pyrrole nitrogens is 1. The van der Waals surface area contributed by atoms with Gasteiger partial charge >= 0.3 is 0 Å². The highest BCUT2D eigenvalue weighted by atomic mass is 19.1. The number of amides is 1. The predicted octanol–water partition coefficient (Wildman–Crippen LogP) is 3.75. The second-order valence-electron chi connectivity index (χ2n) is 8.57. The lowest BCUT2D eigenvalue weighted by molar-refractivity contribution is 0.0947. The van der Waals surface area contributed by atoms with Gasteiger partial charge in [-0.2, -0.15) is 0 Å². The lowest BCUT2D eigenvalue weighted by Gasteiger charge is -2.17. The van der Waals surface area contributed by atoms with Crippen molar-refractivity contribution in [3.05, 3.63) is 59.3 Å². The highest BCUT2D eigenvalue weighted by molar-refractivity contribution is 6.06. The van der Waals surface area contributed by atoms with Gasteiger partial charge in [-0.1, -0.05) is 17.9 Å². The van der Waals surface area contributed by atoms with E-state index in [9.17, 15) is 9.18 Å². The van der Waals surface area contributed by atoms with Gasteiger partial charge in [0.2, 0.25) is 0 Å². The summed E-state index contributed by atoms with van der Waals surface area (Å²) in [5.41, 5.74) is 4.57. The van der Waals surface area contributed by atoms with Crippen molar-refractivity contribution < 1.29 is 13.9 Å². The van der Waals surface area contributed by atoms with Gasteiger partial charge in [0, 0.05) is 42.7 Å². The Hall–Kier alpha value is -3.83. The molecular weight excluding hydrogens is 433 g/mol. The smallest absolute Gasteiger partial charge is 0.255 e. The van der Waals surface area contributed by atoms with E-state index in [1.165, 1.54) is 13.2 Å². The van der Waals surface area contributed by atoms with Crippen molar-refractivity contribution in [1.82, 2.24) is 20.6 Å². The number of benzene rings is 1. The summed E-state index contributed by atoms with van der Waals surface area (Å²) in [4.78, 5) is 20.6. The number of carbonyl (C=O) groups is 1. The summed E-state index contributed by atoms with van der Waals surface area (Å²) in [5.74, 6) is 6.00. The van der Waals surface area contributed by atoms with Gasteiger partial charge in [0.15, 0.2) is 11.6 Å². The second-order valence-corrected chi connectivity index (χ2v) is 8.57. The Morgan fingerprint density at radius 2 is 2.15 bits per heavy atom. The first kappa shape index (κ1) is 22.0. The number of fused-ring (bicyclic) bond motifs is 1. The number of rotatable bonds is 4. The number of halogens is 1. The van der Waals surface area contributed by atoms with Crippen LogP contribution in [-0.4, -0.2) is 41.6 Å². The van der Waals surface area contributed by atoms with Crippen LogP contribution in [0.5, 0.6) is 5.75 Å². The molecule has 0 radical (unpaired) electrons. The minimum Gasteiger partial charge on any atom is -0.492 e. The first-order valence-corrected chi connectivity index (χ1v) is 11.4. The van der Waals surface area contributed by atoms with Crippen LogP contribution in [-0.2, 0) is 6.42 Å². The fraction of sp³-hybridized carbons (Fsp3) is 0.308. The molecular formula is C26H26FN5O2. The van der Waals surface area contributed by atoms with Gasteiger partial charge in [-0.3, -0.25) is 9.78 Å². The first-order valence-electron chi connectivity index (χ1n) is 11.4. The van der Waals surface area contributed by atoms with E-state index in [4.69, 9.17) is 4.74 Å². The summed E-state index contributed by atoms with van der Waals surface area (Å²) in [6, 6.07) is 7.11. The number of aromatic nitrogens is 2. The summed E-state index contributed by atoms with van der Waals surface area (Å²) in [5, 5.41) is 9.63. The average molecular weight is 460 g/mol. The normalized spacial score (nSPS) is 19.1. The zero-order valence-electron chi connectivity index (χ0n) is 19.1. The van der Waals surface area contributed by atoms with Crippen LogP contribution in [0.25, 0.3) is 11.3 Å². The molecule has 1 fully saturated rings. The van der Waals surface area contributed by atoms with Crippen LogP contribution in [0.4, 0.5) is 15.8 Å². The predicted molar refractivity (Wildman–Crippen MR) is 129 cm³/mol. The van der Waals surface area contributed by atoms with Crippen LogP contribution in [0.1, 0.15) is 41.4 Å². The van der Waals surface area contributed by atoms with E-state index in [1.54, 1.807) is 24.5 Å². The molecule has 34 heavy (non-hydrogen) atoms. The van der Waals surface area contributed by atoms with Gasteiger partial charge in [-0.05, 0) is 38.0 Å². The van der Waals surface area contributed by atoms with Crippen LogP contribution in [0.15, 0.2) is 36.7 Å². The molecule has 8 heteroatoms. The molecule has 4 N–H and O–H groups in total. The number of pyridine rings is 1. The molecule has 7 nitrogen and oxygen atoms in total. The largest absolute Gasteiger partial charge is 0.492 e. The molecule has 2 aliphatic rings. The monoisotopic (exact) mass is 459 g/mol. The minimum absolute atomic E-state index is 0.0794. The fourth-order valence-electron chi connectivity index (χ4n) is 4.57. The maximum atomic E-state index is 14.4. The molecule has 174 valence electrons. The molecule has 1 aromatic carbocycles. The number of hydrogen-bond acceptors (Lipinski definition) is 5. The number of anilines is 2. The van der Waals surface area contributed by atoms with Gasteiger partial charge in [-0.15, -0.1) is 0 Å². The third kappa shape index (κ3) is 4.11. The summed E-state index contributed by atoms with van der Waals surface area (Å²) in [6.07, 6.45) is 6.19. The fourth-order valence-corrected chi connectivity index (χ4v) is 4.57. The molecule has 2 atom stereocenters. The van der Waals surface area contributed by atoms with Crippen molar-refractivity contribution in [2.75, 3.05) is 19.0 Å². The minimum atomic E-state index is -0.489. The van der Waals surface area contributed by atoms with Crippen molar-refractivity contribution in [3.8, 4) is 28.8 Å². The lowest BCUT2D eigenvalue weighted by Crippen LogP contribution is -2.31. The molecule has 0 unspecified atom stereocenters. The summed E-state index contributed by atoms with van der Waals surface area (Å²) < 4.78 is 19.7. The Labute approximate surface area is 197 Å². The molecule has 1 amide bonds. The Morgan fingerprint density at radius 3 is 2.94 bits per heavy atom. The number of ether oxygens (including phenoxy) is 1. The molecule has 0 spiro atoms. The third-order valence-electron chi connectivity index (χ3n) is 6.24. The Bertz CT molecular complexity index is 1310. The lowest BCUT2D eigenvalue weighted by atomic mass is 10.0. The van der Waals surface area contributed by atoms with E-state index in [0.717, 1.165) is 29.7 Å². The van der Waals surface area contributed by atoms with Crippen molar-refractivity contribution >= 4 is 17.3 Å². The number of carbonyl (C=O) groups excluding carboxylic acids is 1. The van der Waals surface area contributed by atoms with Gasteiger partial charge in [-0.25, -0.2) is 4.39 Å². The molecule has 1 saturated heterocycles. The van der Waals surface area contributed by atoms with E-state index in [-0.39, 0.29) is 17.7 Å². The molecule has 5 rings (SSSR count). The molecule has 0 bridgehead atoms. The first-order chi connectivity index (χ1) is 16.5. The van der Waals surface area contributed by atoms with E-state index in [1.807, 2.05) is 6.07 Å². The van der Waals surface area contributed by atoms with E-state index in [2.05, 4.69) is 44.7 Å². The van der Waals surface area contributed by atoms with Crippen molar-refractivity contribution in [1.29, 1.82) is 0 Å². The van der Waals surface area contributed by atoms with E-state index < -0.39 is 5.82 Å². The zero-order valence-corrected chi connectivity index (χ0v) is 19.1. The van der Waals surface area contributed by atoms with Crippen LogP contribution < -0.4 is 20.7 Å². The maximum absolute atomic E-state index is 14.4. The third-order valence-corrected chi connectivity index (χ3v) is 6.24. The van der Waals surface area contributed by atoms with Gasteiger partial charge < -0.3 is 25.7 Å². The number of nitrogens with one attached hydrogen (secondary N) is 4. The molecule has 2 aliphatic heterocycles. The van der Waals surface area contributed by atoms with Crippen LogP contribution in [0, 0.1) is 17.7 Å². The van der Waals surface area contributed by atoms with Gasteiger partial charge in [0.25, 0.3) is 5.91 Å². The van der Waals surface area contributed by atoms with Crippen molar-refractivity contribution in [2.45, 2.75) is 38.3 Å². The highest BCUT2D eigenvalue weighted by Crippen LogP contribution is 2.40. The van der Waals surface area contributed by atoms with Crippen LogP contribution >= 0.6 is 0 Å². The topological polar surface area (TPSA) is 91.1 Å². The SMILES string of the molecule is COc1c(F)cccc1Nc1c(-c2ccncc2C#C[C@H]2CC[C@@H](C)N2)[nH]c2c1C(=O)NCC2. The highest BCUT2D eigenvalue weighted by Gasteiger charge is 2.28. The number of methoxy groups -OCH3 is 1. The number of para-hydroxylation sites is 1. The Kier molecular flexibility index (Phi) is 5.95. The Morgan fingerprint density at radius 1 is 1.26 bits per heavy atom. The molecule has 2 aromatic heterocycles.